The number of rotatable bonds is 7. The van der Waals surface area contributed by atoms with Crippen molar-refractivity contribution < 1.29 is 14.6 Å². The summed E-state index contributed by atoms with van der Waals surface area (Å²) in [6, 6.07) is 7.99. The molecule has 0 saturated heterocycles. The van der Waals surface area contributed by atoms with Gasteiger partial charge in [0.1, 0.15) is 0 Å². The molecule has 1 aromatic rings. The molecule has 1 rings (SSSR count). The molecule has 0 spiro atoms. The Morgan fingerprint density at radius 1 is 1.44 bits per heavy atom. The fourth-order valence-electron chi connectivity index (χ4n) is 1.84. The van der Waals surface area contributed by atoms with E-state index in [-0.39, 0.29) is 12.5 Å². The summed E-state index contributed by atoms with van der Waals surface area (Å²) in [4.78, 5) is 12.8. The minimum Gasteiger partial charge on any atom is -0.481 e. The van der Waals surface area contributed by atoms with Crippen LogP contribution in [0.1, 0.15) is 18.9 Å². The van der Waals surface area contributed by atoms with E-state index in [1.165, 1.54) is 0 Å². The fraction of sp³-hybridized carbons (Fsp3) is 0.500. The Morgan fingerprint density at radius 3 is 2.67 bits per heavy atom. The average Bonchev–Trinajstić information content (AvgIpc) is 2.34. The van der Waals surface area contributed by atoms with Crippen LogP contribution < -0.4 is 4.90 Å². The molecule has 1 aromatic carbocycles. The lowest BCUT2D eigenvalue weighted by atomic mass is 10.1. The van der Waals surface area contributed by atoms with Crippen LogP contribution in [0, 0.1) is 6.92 Å². The molecule has 18 heavy (non-hydrogen) atoms. The van der Waals surface area contributed by atoms with Gasteiger partial charge in [0, 0.05) is 25.9 Å². The van der Waals surface area contributed by atoms with Gasteiger partial charge in [0.2, 0.25) is 0 Å². The van der Waals surface area contributed by atoms with Gasteiger partial charge >= 0.3 is 5.97 Å². The summed E-state index contributed by atoms with van der Waals surface area (Å²) < 4.78 is 5.26. The number of para-hydroxylation sites is 1. The quantitative estimate of drug-likeness (QED) is 0.808. The first-order valence-electron chi connectivity index (χ1n) is 6.09. The third kappa shape index (κ3) is 4.37. The zero-order chi connectivity index (χ0) is 13.5. The Bertz CT molecular complexity index is 392. The van der Waals surface area contributed by atoms with Crippen molar-refractivity contribution in [3.63, 3.8) is 0 Å². The number of aryl methyl sites for hydroxylation is 1. The van der Waals surface area contributed by atoms with Crippen molar-refractivity contribution >= 4 is 11.7 Å². The predicted molar refractivity (Wildman–Crippen MR) is 72.1 cm³/mol. The van der Waals surface area contributed by atoms with Crippen LogP contribution in [0.15, 0.2) is 24.3 Å². The number of benzene rings is 1. The van der Waals surface area contributed by atoms with Crippen LogP contribution in [-0.4, -0.2) is 37.4 Å². The zero-order valence-corrected chi connectivity index (χ0v) is 11.2. The lowest BCUT2D eigenvalue weighted by Crippen LogP contribution is -2.34. The number of carbonyl (C=O) groups is 1. The van der Waals surface area contributed by atoms with E-state index in [0.29, 0.717) is 13.1 Å². The van der Waals surface area contributed by atoms with Gasteiger partial charge in [0.15, 0.2) is 0 Å². The highest BCUT2D eigenvalue weighted by Gasteiger charge is 2.13. The first kappa shape index (κ1) is 14.5. The molecule has 0 amide bonds. The second kappa shape index (κ2) is 7.01. The summed E-state index contributed by atoms with van der Waals surface area (Å²) in [5, 5.41) is 8.81. The Balaban J connectivity index is 2.82. The number of ether oxygens (including phenoxy) is 1. The van der Waals surface area contributed by atoms with Crippen LogP contribution in [0.4, 0.5) is 5.69 Å². The van der Waals surface area contributed by atoms with E-state index in [0.717, 1.165) is 11.3 Å². The van der Waals surface area contributed by atoms with Crippen LogP contribution in [0.3, 0.4) is 0 Å². The maximum Gasteiger partial charge on any atom is 0.305 e. The molecule has 0 aliphatic rings. The van der Waals surface area contributed by atoms with Crippen LogP contribution >= 0.6 is 0 Å². The summed E-state index contributed by atoms with van der Waals surface area (Å²) in [6.07, 6.45) is 0.198. The minimum atomic E-state index is -0.779. The molecule has 0 aliphatic carbocycles. The molecular formula is C14H21NO3. The maximum atomic E-state index is 10.7. The lowest BCUT2D eigenvalue weighted by Gasteiger charge is -2.28. The van der Waals surface area contributed by atoms with E-state index in [2.05, 4.69) is 4.90 Å². The average molecular weight is 251 g/mol. The molecule has 0 bridgehead atoms. The molecule has 0 fully saturated rings. The van der Waals surface area contributed by atoms with Crippen LogP contribution in [-0.2, 0) is 9.53 Å². The normalized spacial score (nSPS) is 12.2. The largest absolute Gasteiger partial charge is 0.481 e. The van der Waals surface area contributed by atoms with Crippen molar-refractivity contribution in [1.29, 1.82) is 0 Å². The smallest absolute Gasteiger partial charge is 0.305 e. The lowest BCUT2D eigenvalue weighted by molar-refractivity contribution is -0.136. The highest BCUT2D eigenvalue weighted by atomic mass is 16.5. The van der Waals surface area contributed by atoms with Gasteiger partial charge < -0.3 is 14.7 Å². The number of hydrogen-bond acceptors (Lipinski definition) is 3. The van der Waals surface area contributed by atoms with Crippen LogP contribution in [0.5, 0.6) is 0 Å². The summed E-state index contributed by atoms with van der Waals surface area (Å²) in [5.74, 6) is -0.779. The molecule has 0 aromatic heterocycles. The van der Waals surface area contributed by atoms with E-state index in [1.807, 2.05) is 38.1 Å². The molecule has 0 aliphatic heterocycles. The van der Waals surface area contributed by atoms with Gasteiger partial charge in [-0.3, -0.25) is 4.79 Å². The van der Waals surface area contributed by atoms with Gasteiger partial charge in [-0.25, -0.2) is 0 Å². The van der Waals surface area contributed by atoms with Gasteiger partial charge in [-0.05, 0) is 25.5 Å². The number of anilines is 1. The first-order chi connectivity index (χ1) is 8.54. The molecule has 1 unspecified atom stereocenters. The van der Waals surface area contributed by atoms with Crippen molar-refractivity contribution in [3.8, 4) is 0 Å². The summed E-state index contributed by atoms with van der Waals surface area (Å²) in [7, 11) is 1.66. The van der Waals surface area contributed by atoms with E-state index in [9.17, 15) is 4.79 Å². The van der Waals surface area contributed by atoms with Crippen molar-refractivity contribution in [2.75, 3.05) is 25.1 Å². The number of aliphatic carboxylic acids is 1. The first-order valence-corrected chi connectivity index (χ1v) is 6.09. The number of hydrogen-bond donors (Lipinski definition) is 1. The molecular weight excluding hydrogens is 230 g/mol. The summed E-state index contributed by atoms with van der Waals surface area (Å²) in [5.41, 5.74) is 2.22. The Kier molecular flexibility index (Phi) is 5.65. The molecule has 4 heteroatoms. The van der Waals surface area contributed by atoms with Crippen LogP contribution in [0.25, 0.3) is 0 Å². The van der Waals surface area contributed by atoms with Crippen LogP contribution in [0.2, 0.25) is 0 Å². The van der Waals surface area contributed by atoms with Gasteiger partial charge in [0.05, 0.1) is 12.5 Å². The highest BCUT2D eigenvalue weighted by Crippen LogP contribution is 2.20. The van der Waals surface area contributed by atoms with Gasteiger partial charge in [-0.15, -0.1) is 0 Å². The molecule has 0 radical (unpaired) electrons. The fourth-order valence-corrected chi connectivity index (χ4v) is 1.84. The Morgan fingerprint density at radius 2 is 2.11 bits per heavy atom. The number of nitrogens with zero attached hydrogens (tertiary/aromatic N) is 1. The molecule has 1 atom stereocenters. The molecule has 0 heterocycles. The van der Waals surface area contributed by atoms with E-state index >= 15 is 0 Å². The minimum absolute atomic E-state index is 0.0680. The van der Waals surface area contributed by atoms with Crippen molar-refractivity contribution in [1.82, 2.24) is 0 Å². The summed E-state index contributed by atoms with van der Waals surface area (Å²) >= 11 is 0. The van der Waals surface area contributed by atoms with Gasteiger partial charge in [-0.1, -0.05) is 18.2 Å². The van der Waals surface area contributed by atoms with E-state index in [1.54, 1.807) is 7.11 Å². The highest BCUT2D eigenvalue weighted by molar-refractivity contribution is 5.68. The Hall–Kier alpha value is -1.55. The standard InChI is InChI=1S/C14H21NO3/c1-11-6-4-5-7-13(11)15(9-8-14(16)17)10-12(2)18-3/h4-7,12H,8-10H2,1-3H3,(H,16,17). The van der Waals surface area contributed by atoms with E-state index in [4.69, 9.17) is 9.84 Å². The number of methoxy groups -OCH3 is 1. The van der Waals surface area contributed by atoms with Crippen molar-refractivity contribution in [2.24, 2.45) is 0 Å². The van der Waals surface area contributed by atoms with Gasteiger partial charge in [0.25, 0.3) is 0 Å². The predicted octanol–water partition coefficient (Wildman–Crippen LogP) is 2.31. The van der Waals surface area contributed by atoms with Gasteiger partial charge in [-0.2, -0.15) is 0 Å². The number of carboxylic acid groups (broad SMARTS) is 1. The second-order valence-corrected chi connectivity index (χ2v) is 4.42. The SMILES string of the molecule is COC(C)CN(CCC(=O)O)c1ccccc1C. The molecule has 0 saturated carbocycles. The van der Waals surface area contributed by atoms with Crippen molar-refractivity contribution in [3.05, 3.63) is 29.8 Å². The van der Waals surface area contributed by atoms with Crippen molar-refractivity contribution in [2.45, 2.75) is 26.4 Å². The monoisotopic (exact) mass is 251 g/mol. The Labute approximate surface area is 108 Å². The topological polar surface area (TPSA) is 49.8 Å². The molecule has 4 nitrogen and oxygen atoms in total. The third-order valence-corrected chi connectivity index (χ3v) is 2.93. The molecule has 100 valence electrons. The maximum absolute atomic E-state index is 10.7. The second-order valence-electron chi connectivity index (χ2n) is 4.42. The number of carboxylic acids is 1. The molecule has 1 N–H and O–H groups in total. The third-order valence-electron chi connectivity index (χ3n) is 2.93. The van der Waals surface area contributed by atoms with E-state index < -0.39 is 5.97 Å². The summed E-state index contributed by atoms with van der Waals surface area (Å²) in [6.45, 7) is 5.19. The zero-order valence-electron chi connectivity index (χ0n) is 11.2.